The molecule has 4 heteroatoms. The molecule has 0 atom stereocenters. The van der Waals surface area contributed by atoms with E-state index in [0.29, 0.717) is 12.1 Å². The zero-order valence-corrected chi connectivity index (χ0v) is 12.3. The molecule has 1 saturated carbocycles. The molecule has 0 aromatic heterocycles. The highest BCUT2D eigenvalue weighted by Gasteiger charge is 2.24. The maximum absolute atomic E-state index is 9.94. The first-order chi connectivity index (χ1) is 9.60. The standard InChI is InChI=1S/C16H26N2O2/c1-2-9-18(14-6-4-13(17)5-7-14)11-12-3-8-15(19)10-16(12)20/h3,8,10,13-14,19-20H,2,4-7,9,11,17H2,1H3. The molecule has 1 fully saturated rings. The van der Waals surface area contributed by atoms with Gasteiger partial charge in [0.25, 0.3) is 0 Å². The van der Waals surface area contributed by atoms with Gasteiger partial charge in [-0.2, -0.15) is 0 Å². The predicted molar refractivity (Wildman–Crippen MR) is 80.7 cm³/mol. The predicted octanol–water partition coefficient (Wildman–Crippen LogP) is 2.58. The molecule has 0 unspecified atom stereocenters. The lowest BCUT2D eigenvalue weighted by Crippen LogP contribution is -2.40. The summed E-state index contributed by atoms with van der Waals surface area (Å²) in [4.78, 5) is 2.44. The minimum Gasteiger partial charge on any atom is -0.508 e. The van der Waals surface area contributed by atoms with Crippen molar-refractivity contribution in [1.82, 2.24) is 4.90 Å². The highest BCUT2D eigenvalue weighted by atomic mass is 16.3. The van der Waals surface area contributed by atoms with Gasteiger partial charge in [0.15, 0.2) is 0 Å². The fourth-order valence-electron chi connectivity index (χ4n) is 3.05. The lowest BCUT2D eigenvalue weighted by Gasteiger charge is -2.36. The SMILES string of the molecule is CCCN(Cc1ccc(O)cc1O)C1CCC(N)CC1. The van der Waals surface area contributed by atoms with Crippen molar-refractivity contribution in [3.8, 4) is 11.5 Å². The van der Waals surface area contributed by atoms with E-state index < -0.39 is 0 Å². The van der Waals surface area contributed by atoms with Gasteiger partial charge in [-0.3, -0.25) is 4.90 Å². The van der Waals surface area contributed by atoms with E-state index >= 15 is 0 Å². The zero-order valence-electron chi connectivity index (χ0n) is 12.3. The molecule has 20 heavy (non-hydrogen) atoms. The van der Waals surface area contributed by atoms with Crippen LogP contribution in [0.15, 0.2) is 18.2 Å². The second-order valence-corrected chi connectivity index (χ2v) is 5.85. The first kappa shape index (κ1) is 15.1. The average Bonchev–Trinajstić information content (AvgIpc) is 2.42. The molecule has 0 aliphatic heterocycles. The molecular formula is C16H26N2O2. The van der Waals surface area contributed by atoms with Crippen LogP contribution in [0.5, 0.6) is 11.5 Å². The highest BCUT2D eigenvalue weighted by molar-refractivity contribution is 5.38. The normalized spacial score (nSPS) is 23.1. The van der Waals surface area contributed by atoms with Crippen LogP contribution in [0.3, 0.4) is 0 Å². The largest absolute Gasteiger partial charge is 0.508 e. The molecule has 0 saturated heterocycles. The first-order valence-corrected chi connectivity index (χ1v) is 7.60. The van der Waals surface area contributed by atoms with Crippen LogP contribution in [0, 0.1) is 0 Å². The van der Waals surface area contributed by atoms with E-state index in [1.54, 1.807) is 6.07 Å². The van der Waals surface area contributed by atoms with Gasteiger partial charge < -0.3 is 15.9 Å². The summed E-state index contributed by atoms with van der Waals surface area (Å²) >= 11 is 0. The fraction of sp³-hybridized carbons (Fsp3) is 0.625. The van der Waals surface area contributed by atoms with Crippen molar-refractivity contribution in [2.75, 3.05) is 6.54 Å². The highest BCUT2D eigenvalue weighted by Crippen LogP contribution is 2.28. The Morgan fingerprint density at radius 2 is 1.90 bits per heavy atom. The Kier molecular flexibility index (Phi) is 5.26. The lowest BCUT2D eigenvalue weighted by atomic mass is 9.90. The minimum absolute atomic E-state index is 0.108. The van der Waals surface area contributed by atoms with E-state index in [9.17, 15) is 10.2 Å². The van der Waals surface area contributed by atoms with Crippen LogP contribution in [0.2, 0.25) is 0 Å². The molecule has 0 amide bonds. The van der Waals surface area contributed by atoms with Crippen molar-refractivity contribution in [2.24, 2.45) is 5.73 Å². The van der Waals surface area contributed by atoms with Crippen molar-refractivity contribution >= 4 is 0 Å². The van der Waals surface area contributed by atoms with Crippen molar-refractivity contribution in [1.29, 1.82) is 0 Å². The van der Waals surface area contributed by atoms with Crippen LogP contribution in [0.1, 0.15) is 44.6 Å². The van der Waals surface area contributed by atoms with E-state index in [-0.39, 0.29) is 11.5 Å². The third-order valence-electron chi connectivity index (χ3n) is 4.21. The number of rotatable bonds is 5. The van der Waals surface area contributed by atoms with Crippen molar-refractivity contribution in [3.05, 3.63) is 23.8 Å². The smallest absolute Gasteiger partial charge is 0.123 e. The number of phenolic OH excluding ortho intramolecular Hbond substituents is 2. The van der Waals surface area contributed by atoms with Gasteiger partial charge in [0.05, 0.1) is 0 Å². The lowest BCUT2D eigenvalue weighted by molar-refractivity contribution is 0.141. The number of nitrogens with zero attached hydrogens (tertiary/aromatic N) is 1. The van der Waals surface area contributed by atoms with Gasteiger partial charge in [0, 0.05) is 30.3 Å². The molecule has 1 aromatic carbocycles. The second-order valence-electron chi connectivity index (χ2n) is 5.85. The van der Waals surface area contributed by atoms with E-state index in [0.717, 1.165) is 50.8 Å². The molecule has 4 nitrogen and oxygen atoms in total. The maximum atomic E-state index is 9.94. The van der Waals surface area contributed by atoms with Gasteiger partial charge in [-0.15, -0.1) is 0 Å². The van der Waals surface area contributed by atoms with Crippen molar-refractivity contribution in [2.45, 2.75) is 57.7 Å². The van der Waals surface area contributed by atoms with Gasteiger partial charge in [0.2, 0.25) is 0 Å². The summed E-state index contributed by atoms with van der Waals surface area (Å²) < 4.78 is 0. The Labute approximate surface area is 121 Å². The van der Waals surface area contributed by atoms with E-state index in [1.807, 2.05) is 6.07 Å². The Morgan fingerprint density at radius 3 is 2.50 bits per heavy atom. The number of hydrogen-bond donors (Lipinski definition) is 3. The Morgan fingerprint density at radius 1 is 1.20 bits per heavy atom. The monoisotopic (exact) mass is 278 g/mol. The summed E-state index contributed by atoms with van der Waals surface area (Å²) in [5.74, 6) is 0.288. The number of nitrogens with two attached hydrogens (primary N) is 1. The van der Waals surface area contributed by atoms with Crippen LogP contribution >= 0.6 is 0 Å². The molecule has 2 rings (SSSR count). The van der Waals surface area contributed by atoms with Crippen LogP contribution < -0.4 is 5.73 Å². The maximum Gasteiger partial charge on any atom is 0.123 e. The van der Waals surface area contributed by atoms with E-state index in [1.165, 1.54) is 6.07 Å². The summed E-state index contributed by atoms with van der Waals surface area (Å²) in [6.07, 6.45) is 5.56. The number of aromatic hydroxyl groups is 2. The summed E-state index contributed by atoms with van der Waals surface area (Å²) in [5.41, 5.74) is 6.86. The fourth-order valence-corrected chi connectivity index (χ4v) is 3.05. The van der Waals surface area contributed by atoms with Gasteiger partial charge in [0.1, 0.15) is 11.5 Å². The molecule has 1 aliphatic carbocycles. The number of benzene rings is 1. The Bertz CT molecular complexity index is 428. The van der Waals surface area contributed by atoms with Crippen molar-refractivity contribution < 1.29 is 10.2 Å². The minimum atomic E-state index is 0.108. The van der Waals surface area contributed by atoms with Gasteiger partial charge in [-0.25, -0.2) is 0 Å². The third-order valence-corrected chi connectivity index (χ3v) is 4.21. The Hall–Kier alpha value is -1.26. The molecule has 0 bridgehead atoms. The Balaban J connectivity index is 2.04. The van der Waals surface area contributed by atoms with Crippen LogP contribution in [-0.4, -0.2) is 33.7 Å². The summed E-state index contributed by atoms with van der Waals surface area (Å²) in [6.45, 7) is 3.94. The summed E-state index contributed by atoms with van der Waals surface area (Å²) in [6, 6.07) is 5.77. The molecule has 0 heterocycles. The second kappa shape index (κ2) is 6.95. The zero-order chi connectivity index (χ0) is 14.5. The quantitative estimate of drug-likeness (QED) is 0.774. The van der Waals surface area contributed by atoms with Crippen LogP contribution in [0.4, 0.5) is 0 Å². The van der Waals surface area contributed by atoms with Gasteiger partial charge in [-0.05, 0) is 44.7 Å². The molecule has 0 spiro atoms. The average molecular weight is 278 g/mol. The van der Waals surface area contributed by atoms with Crippen LogP contribution in [0.25, 0.3) is 0 Å². The molecule has 1 aliphatic rings. The van der Waals surface area contributed by atoms with Crippen molar-refractivity contribution in [3.63, 3.8) is 0 Å². The van der Waals surface area contributed by atoms with E-state index in [2.05, 4.69) is 11.8 Å². The molecule has 4 N–H and O–H groups in total. The number of hydrogen-bond acceptors (Lipinski definition) is 4. The van der Waals surface area contributed by atoms with Gasteiger partial charge >= 0.3 is 0 Å². The molecular weight excluding hydrogens is 252 g/mol. The molecule has 112 valence electrons. The molecule has 1 aromatic rings. The summed E-state index contributed by atoms with van der Waals surface area (Å²) in [5, 5.41) is 19.3. The first-order valence-electron chi connectivity index (χ1n) is 7.60. The van der Waals surface area contributed by atoms with E-state index in [4.69, 9.17) is 5.73 Å². The topological polar surface area (TPSA) is 69.7 Å². The third kappa shape index (κ3) is 3.87. The van der Waals surface area contributed by atoms with Gasteiger partial charge in [-0.1, -0.05) is 13.0 Å². The molecule has 0 radical (unpaired) electrons. The summed E-state index contributed by atoms with van der Waals surface area (Å²) in [7, 11) is 0. The number of phenols is 2. The van der Waals surface area contributed by atoms with Crippen LogP contribution in [-0.2, 0) is 6.54 Å².